The van der Waals surface area contributed by atoms with E-state index in [0.717, 1.165) is 11.0 Å². The third kappa shape index (κ3) is 3.55. The predicted octanol–water partition coefficient (Wildman–Crippen LogP) is 4.80. The summed E-state index contributed by atoms with van der Waals surface area (Å²) in [5, 5.41) is 9.99. The molecule has 0 spiro atoms. The van der Waals surface area contributed by atoms with Crippen LogP contribution in [0.15, 0.2) is 30.6 Å². The molecule has 0 aliphatic carbocycles. The number of rotatable bonds is 2. The molecule has 1 atom stereocenters. The Hall–Kier alpha value is -2.56. The number of hydrogen-bond donors (Lipinski definition) is 1. The van der Waals surface area contributed by atoms with E-state index in [2.05, 4.69) is 9.97 Å². The van der Waals surface area contributed by atoms with Crippen LogP contribution >= 0.6 is 23.2 Å². The van der Waals surface area contributed by atoms with Crippen LogP contribution in [0.3, 0.4) is 0 Å². The van der Waals surface area contributed by atoms with Gasteiger partial charge in [0.25, 0.3) is 0 Å². The maximum Gasteiger partial charge on any atom is 0.416 e. The number of carboxylic acid groups (broad SMARTS) is 1. The van der Waals surface area contributed by atoms with Gasteiger partial charge in [0, 0.05) is 12.2 Å². The molecule has 4 rings (SSSR count). The van der Waals surface area contributed by atoms with Crippen LogP contribution in [0.4, 0.5) is 18.0 Å². The van der Waals surface area contributed by atoms with Gasteiger partial charge in [-0.2, -0.15) is 13.2 Å². The van der Waals surface area contributed by atoms with Gasteiger partial charge in [0.1, 0.15) is 16.6 Å². The molecule has 1 aromatic carbocycles. The molecular formula is C18H13Cl2F3N4O3. The molecule has 12 heteroatoms. The Balaban J connectivity index is 1.89. The molecule has 0 saturated carbocycles. The van der Waals surface area contributed by atoms with Gasteiger partial charge in [0.2, 0.25) is 0 Å². The van der Waals surface area contributed by atoms with Crippen LogP contribution in [0, 0.1) is 0 Å². The molecule has 7 nitrogen and oxygen atoms in total. The Kier molecular flexibility index (Phi) is 5.25. The molecule has 1 amide bonds. The van der Waals surface area contributed by atoms with Gasteiger partial charge in [0.15, 0.2) is 5.65 Å². The van der Waals surface area contributed by atoms with E-state index in [1.807, 2.05) is 0 Å². The first-order chi connectivity index (χ1) is 14.2. The van der Waals surface area contributed by atoms with E-state index in [1.165, 1.54) is 29.1 Å². The van der Waals surface area contributed by atoms with Crippen LogP contribution in [0.1, 0.15) is 17.2 Å². The van der Waals surface area contributed by atoms with Crippen molar-refractivity contribution in [1.82, 2.24) is 19.4 Å². The Bertz CT molecular complexity index is 1140. The van der Waals surface area contributed by atoms with E-state index in [1.54, 1.807) is 0 Å². The predicted molar refractivity (Wildman–Crippen MR) is 102 cm³/mol. The van der Waals surface area contributed by atoms with Crippen LogP contribution < -0.4 is 0 Å². The number of morpholine rings is 1. The zero-order valence-electron chi connectivity index (χ0n) is 15.0. The summed E-state index contributed by atoms with van der Waals surface area (Å²) in [5.74, 6) is 0. The smallest absolute Gasteiger partial charge is 0.416 e. The number of aromatic nitrogens is 3. The third-order valence-electron chi connectivity index (χ3n) is 4.84. The molecule has 1 N–H and O–H groups in total. The lowest BCUT2D eigenvalue weighted by Crippen LogP contribution is -2.43. The summed E-state index contributed by atoms with van der Waals surface area (Å²) in [5.41, 5.74) is -0.845. The number of alkyl halides is 3. The number of fused-ring (bicyclic) bond motifs is 1. The SMILES string of the molecule is O=C(O)N1CCOCC1c1ccc(-n2c(Cl)cc3c(Cl)ncnc32)cc1C(F)(F)F. The molecule has 0 radical (unpaired) electrons. The quantitative estimate of drug-likeness (QED) is 0.555. The van der Waals surface area contributed by atoms with Crippen LogP contribution in [0.2, 0.25) is 10.3 Å². The fourth-order valence-electron chi connectivity index (χ4n) is 3.51. The highest BCUT2D eigenvalue weighted by Gasteiger charge is 2.39. The van der Waals surface area contributed by atoms with E-state index >= 15 is 0 Å². The lowest BCUT2D eigenvalue weighted by atomic mass is 9.97. The van der Waals surface area contributed by atoms with Crippen LogP contribution in [-0.2, 0) is 10.9 Å². The number of hydrogen-bond acceptors (Lipinski definition) is 4. The fourth-order valence-corrected chi connectivity index (χ4v) is 3.98. The summed E-state index contributed by atoms with van der Waals surface area (Å²) < 4.78 is 48.4. The van der Waals surface area contributed by atoms with Gasteiger partial charge in [-0.25, -0.2) is 14.8 Å². The van der Waals surface area contributed by atoms with Crippen molar-refractivity contribution in [3.8, 4) is 5.69 Å². The van der Waals surface area contributed by atoms with Gasteiger partial charge in [-0.15, -0.1) is 0 Å². The summed E-state index contributed by atoms with van der Waals surface area (Å²) >= 11 is 12.3. The van der Waals surface area contributed by atoms with Crippen molar-refractivity contribution in [3.05, 3.63) is 52.0 Å². The largest absolute Gasteiger partial charge is 0.465 e. The number of halogens is 5. The van der Waals surface area contributed by atoms with Crippen molar-refractivity contribution in [3.63, 3.8) is 0 Å². The number of ether oxygens (including phenoxy) is 1. The highest BCUT2D eigenvalue weighted by Crippen LogP contribution is 2.40. The Morgan fingerprint density at radius 1 is 1.23 bits per heavy atom. The monoisotopic (exact) mass is 460 g/mol. The Morgan fingerprint density at radius 3 is 2.70 bits per heavy atom. The molecule has 0 bridgehead atoms. The Morgan fingerprint density at radius 2 is 2.00 bits per heavy atom. The first-order valence-corrected chi connectivity index (χ1v) is 9.40. The number of benzene rings is 1. The minimum Gasteiger partial charge on any atom is -0.465 e. The minimum absolute atomic E-state index is 0.0253. The van der Waals surface area contributed by atoms with E-state index in [4.69, 9.17) is 27.9 Å². The molecule has 1 aliphatic rings. The van der Waals surface area contributed by atoms with Crippen molar-refractivity contribution < 1.29 is 27.8 Å². The summed E-state index contributed by atoms with van der Waals surface area (Å²) in [7, 11) is 0. The van der Waals surface area contributed by atoms with Gasteiger partial charge < -0.3 is 9.84 Å². The standard InChI is InChI=1S/C18H13Cl2F3N4O3/c19-14-6-11-15(20)24-8-25-16(11)27(14)9-1-2-10(12(5-9)18(21,22)23)13-7-30-4-3-26(13)17(28)29/h1-2,5-6,8,13H,3-4,7H2,(H,28,29). The van der Waals surface area contributed by atoms with E-state index in [-0.39, 0.29) is 47.0 Å². The van der Waals surface area contributed by atoms with Crippen molar-refractivity contribution in [2.45, 2.75) is 12.2 Å². The van der Waals surface area contributed by atoms with Gasteiger partial charge in [-0.1, -0.05) is 29.3 Å². The summed E-state index contributed by atoms with van der Waals surface area (Å²) in [4.78, 5) is 20.4. The highest BCUT2D eigenvalue weighted by molar-refractivity contribution is 6.36. The lowest BCUT2D eigenvalue weighted by Gasteiger charge is -2.35. The van der Waals surface area contributed by atoms with Gasteiger partial charge in [-0.3, -0.25) is 9.47 Å². The molecule has 3 aromatic rings. The lowest BCUT2D eigenvalue weighted by molar-refractivity contribution is -0.139. The third-order valence-corrected chi connectivity index (χ3v) is 5.42. The molecule has 2 aromatic heterocycles. The van der Waals surface area contributed by atoms with E-state index in [9.17, 15) is 23.1 Å². The fraction of sp³-hybridized carbons (Fsp3) is 0.278. The van der Waals surface area contributed by atoms with Crippen LogP contribution in [0.5, 0.6) is 0 Å². The summed E-state index contributed by atoms with van der Waals surface area (Å²) in [6.07, 6.45) is -4.87. The van der Waals surface area contributed by atoms with Crippen molar-refractivity contribution in [2.75, 3.05) is 19.8 Å². The van der Waals surface area contributed by atoms with Gasteiger partial charge in [-0.05, 0) is 23.8 Å². The first kappa shape index (κ1) is 20.7. The average molecular weight is 461 g/mol. The van der Waals surface area contributed by atoms with Gasteiger partial charge >= 0.3 is 12.3 Å². The molecular weight excluding hydrogens is 448 g/mol. The molecule has 3 heterocycles. The zero-order chi connectivity index (χ0) is 21.6. The molecule has 30 heavy (non-hydrogen) atoms. The molecule has 1 aliphatic heterocycles. The topological polar surface area (TPSA) is 80.5 Å². The second-order valence-corrected chi connectivity index (χ2v) is 7.29. The zero-order valence-corrected chi connectivity index (χ0v) is 16.5. The van der Waals surface area contributed by atoms with Crippen molar-refractivity contribution in [2.24, 2.45) is 0 Å². The van der Waals surface area contributed by atoms with E-state index in [0.29, 0.717) is 5.39 Å². The summed E-state index contributed by atoms with van der Waals surface area (Å²) in [6, 6.07) is 3.93. The first-order valence-electron chi connectivity index (χ1n) is 8.64. The number of amides is 1. The molecule has 1 fully saturated rings. The van der Waals surface area contributed by atoms with E-state index < -0.39 is 23.9 Å². The average Bonchev–Trinajstić information content (AvgIpc) is 3.04. The van der Waals surface area contributed by atoms with Crippen molar-refractivity contribution in [1.29, 1.82) is 0 Å². The maximum atomic E-state index is 13.9. The van der Waals surface area contributed by atoms with Crippen LogP contribution in [-0.4, -0.2) is 50.4 Å². The number of carbonyl (C=O) groups is 1. The van der Waals surface area contributed by atoms with Crippen LogP contribution in [0.25, 0.3) is 16.7 Å². The molecule has 1 unspecified atom stereocenters. The summed E-state index contributed by atoms with van der Waals surface area (Å²) in [6.45, 7) is -0.0824. The maximum absolute atomic E-state index is 13.9. The normalized spacial score (nSPS) is 17.5. The molecule has 158 valence electrons. The Labute approximate surface area is 177 Å². The number of nitrogens with zero attached hydrogens (tertiary/aromatic N) is 4. The second kappa shape index (κ2) is 7.60. The highest BCUT2D eigenvalue weighted by atomic mass is 35.5. The second-order valence-electron chi connectivity index (χ2n) is 6.54. The minimum atomic E-state index is -4.74. The molecule has 1 saturated heterocycles. The van der Waals surface area contributed by atoms with Crippen molar-refractivity contribution >= 4 is 40.3 Å². The van der Waals surface area contributed by atoms with Gasteiger partial charge in [0.05, 0.1) is 30.2 Å².